The van der Waals surface area contributed by atoms with Crippen molar-refractivity contribution in [3.8, 4) is 0 Å². The standard InChI is InChI=1S/C11H18BrN3/c1-11(2,7-14-8-15-13)9-5-3-4-6-10(9)12/h3-6,14-15H,7-8,13H2,1-2H3. The van der Waals surface area contributed by atoms with Crippen LogP contribution in [0, 0.1) is 0 Å². The zero-order chi connectivity index (χ0) is 11.3. The molecule has 1 aromatic rings. The Morgan fingerprint density at radius 3 is 2.60 bits per heavy atom. The summed E-state index contributed by atoms with van der Waals surface area (Å²) in [4.78, 5) is 0. The summed E-state index contributed by atoms with van der Waals surface area (Å²) in [6, 6.07) is 8.29. The van der Waals surface area contributed by atoms with Crippen LogP contribution in [0.15, 0.2) is 28.7 Å². The number of benzene rings is 1. The van der Waals surface area contributed by atoms with Gasteiger partial charge in [0.05, 0.1) is 6.67 Å². The molecule has 0 unspecified atom stereocenters. The summed E-state index contributed by atoms with van der Waals surface area (Å²) in [5.74, 6) is 5.20. The molecule has 1 aromatic carbocycles. The van der Waals surface area contributed by atoms with E-state index >= 15 is 0 Å². The first-order chi connectivity index (χ1) is 7.08. The Morgan fingerprint density at radius 2 is 2.00 bits per heavy atom. The lowest BCUT2D eigenvalue weighted by atomic mass is 9.85. The van der Waals surface area contributed by atoms with Crippen LogP contribution < -0.4 is 16.6 Å². The first-order valence-electron chi connectivity index (χ1n) is 4.97. The van der Waals surface area contributed by atoms with Gasteiger partial charge in [0.1, 0.15) is 0 Å². The van der Waals surface area contributed by atoms with Crippen molar-refractivity contribution in [3.63, 3.8) is 0 Å². The average Bonchev–Trinajstić information content (AvgIpc) is 2.18. The van der Waals surface area contributed by atoms with Gasteiger partial charge in [-0.2, -0.15) is 0 Å². The monoisotopic (exact) mass is 271 g/mol. The third-order valence-electron chi connectivity index (χ3n) is 2.40. The van der Waals surface area contributed by atoms with E-state index in [2.05, 4.69) is 58.7 Å². The summed E-state index contributed by atoms with van der Waals surface area (Å²) in [6.07, 6.45) is 0. The Morgan fingerprint density at radius 1 is 1.33 bits per heavy atom. The normalized spacial score (nSPS) is 11.7. The zero-order valence-corrected chi connectivity index (χ0v) is 10.8. The highest BCUT2D eigenvalue weighted by Crippen LogP contribution is 2.29. The maximum absolute atomic E-state index is 5.20. The molecule has 0 radical (unpaired) electrons. The van der Waals surface area contributed by atoms with Crippen LogP contribution in [-0.2, 0) is 5.41 Å². The Kier molecular flexibility index (Phi) is 4.73. The molecule has 0 amide bonds. The van der Waals surface area contributed by atoms with Crippen molar-refractivity contribution < 1.29 is 0 Å². The summed E-state index contributed by atoms with van der Waals surface area (Å²) in [7, 11) is 0. The highest BCUT2D eigenvalue weighted by Gasteiger charge is 2.21. The predicted molar refractivity (Wildman–Crippen MR) is 67.4 cm³/mol. The van der Waals surface area contributed by atoms with Crippen LogP contribution in [0.4, 0.5) is 0 Å². The van der Waals surface area contributed by atoms with Gasteiger partial charge in [-0.15, -0.1) is 0 Å². The Bertz CT molecular complexity index is 312. The molecular weight excluding hydrogens is 254 g/mol. The van der Waals surface area contributed by atoms with Gasteiger partial charge in [0.25, 0.3) is 0 Å². The number of rotatable bonds is 5. The lowest BCUT2D eigenvalue weighted by Gasteiger charge is -2.26. The van der Waals surface area contributed by atoms with Crippen LogP contribution in [-0.4, -0.2) is 13.2 Å². The van der Waals surface area contributed by atoms with E-state index in [4.69, 9.17) is 5.84 Å². The molecule has 15 heavy (non-hydrogen) atoms. The summed E-state index contributed by atoms with van der Waals surface area (Å²) in [5, 5.41) is 3.24. The molecule has 0 saturated heterocycles. The second kappa shape index (κ2) is 5.61. The van der Waals surface area contributed by atoms with E-state index in [0.717, 1.165) is 11.0 Å². The fraction of sp³-hybridized carbons (Fsp3) is 0.455. The molecule has 0 aromatic heterocycles. The minimum absolute atomic E-state index is 0.0803. The van der Waals surface area contributed by atoms with E-state index < -0.39 is 0 Å². The van der Waals surface area contributed by atoms with Gasteiger partial charge in [-0.25, -0.2) is 5.43 Å². The van der Waals surface area contributed by atoms with E-state index in [0.29, 0.717) is 6.67 Å². The second-order valence-electron chi connectivity index (χ2n) is 4.17. The zero-order valence-electron chi connectivity index (χ0n) is 9.18. The summed E-state index contributed by atoms with van der Waals surface area (Å²) < 4.78 is 1.15. The minimum atomic E-state index is 0.0803. The van der Waals surface area contributed by atoms with Gasteiger partial charge in [-0.3, -0.25) is 5.84 Å². The van der Waals surface area contributed by atoms with E-state index in [-0.39, 0.29) is 5.41 Å². The molecule has 4 N–H and O–H groups in total. The third kappa shape index (κ3) is 3.57. The maximum atomic E-state index is 5.20. The van der Waals surface area contributed by atoms with E-state index in [1.54, 1.807) is 0 Å². The average molecular weight is 272 g/mol. The number of hydrazine groups is 1. The van der Waals surface area contributed by atoms with Crippen molar-refractivity contribution in [3.05, 3.63) is 34.3 Å². The molecule has 0 atom stereocenters. The molecule has 0 aliphatic carbocycles. The predicted octanol–water partition coefficient (Wildman–Crippen LogP) is 1.74. The number of halogens is 1. The van der Waals surface area contributed by atoms with Crippen LogP contribution in [0.3, 0.4) is 0 Å². The lowest BCUT2D eigenvalue weighted by Crippen LogP contribution is -2.40. The van der Waals surface area contributed by atoms with Crippen LogP contribution in [0.1, 0.15) is 19.4 Å². The van der Waals surface area contributed by atoms with Crippen molar-refractivity contribution in [2.24, 2.45) is 5.84 Å². The smallest absolute Gasteiger partial charge is 0.0587 e. The maximum Gasteiger partial charge on any atom is 0.0587 e. The topological polar surface area (TPSA) is 50.1 Å². The van der Waals surface area contributed by atoms with Crippen molar-refractivity contribution >= 4 is 15.9 Å². The lowest BCUT2D eigenvalue weighted by molar-refractivity contribution is 0.453. The fourth-order valence-corrected chi connectivity index (χ4v) is 2.37. The van der Waals surface area contributed by atoms with Crippen molar-refractivity contribution in [2.45, 2.75) is 19.3 Å². The summed E-state index contributed by atoms with van der Waals surface area (Å²) >= 11 is 3.57. The van der Waals surface area contributed by atoms with E-state index in [9.17, 15) is 0 Å². The number of nitrogens with one attached hydrogen (secondary N) is 2. The van der Waals surface area contributed by atoms with Crippen molar-refractivity contribution in [1.29, 1.82) is 0 Å². The molecule has 0 heterocycles. The summed E-state index contributed by atoms with van der Waals surface area (Å²) in [5.41, 5.74) is 3.96. The van der Waals surface area contributed by atoms with Crippen molar-refractivity contribution in [2.75, 3.05) is 13.2 Å². The van der Waals surface area contributed by atoms with E-state index in [1.807, 2.05) is 6.07 Å². The van der Waals surface area contributed by atoms with Crippen LogP contribution in [0.25, 0.3) is 0 Å². The van der Waals surface area contributed by atoms with Crippen molar-refractivity contribution in [1.82, 2.24) is 10.7 Å². The number of hydrogen-bond acceptors (Lipinski definition) is 3. The minimum Gasteiger partial charge on any atom is -0.303 e. The molecule has 0 aliphatic rings. The van der Waals surface area contributed by atoms with Crippen LogP contribution in [0.5, 0.6) is 0 Å². The molecule has 84 valence electrons. The second-order valence-corrected chi connectivity index (χ2v) is 5.03. The van der Waals surface area contributed by atoms with Gasteiger partial charge in [0.2, 0.25) is 0 Å². The third-order valence-corrected chi connectivity index (χ3v) is 3.09. The van der Waals surface area contributed by atoms with Crippen LogP contribution in [0.2, 0.25) is 0 Å². The van der Waals surface area contributed by atoms with Gasteiger partial charge < -0.3 is 5.32 Å². The van der Waals surface area contributed by atoms with Gasteiger partial charge >= 0.3 is 0 Å². The number of nitrogens with two attached hydrogens (primary N) is 1. The Labute approximate surface area is 99.5 Å². The first kappa shape index (κ1) is 12.6. The molecule has 0 aliphatic heterocycles. The first-order valence-corrected chi connectivity index (χ1v) is 5.76. The van der Waals surface area contributed by atoms with Crippen LogP contribution >= 0.6 is 15.9 Å². The molecule has 1 rings (SSSR count). The number of hydrogen-bond donors (Lipinski definition) is 3. The molecule has 3 nitrogen and oxygen atoms in total. The quantitative estimate of drug-likeness (QED) is 0.331. The highest BCUT2D eigenvalue weighted by atomic mass is 79.9. The molecule has 0 saturated carbocycles. The van der Waals surface area contributed by atoms with Gasteiger partial charge in [0.15, 0.2) is 0 Å². The molecule has 0 spiro atoms. The highest BCUT2D eigenvalue weighted by molar-refractivity contribution is 9.10. The van der Waals surface area contributed by atoms with Gasteiger partial charge in [-0.1, -0.05) is 48.0 Å². The molecule has 0 fully saturated rings. The molecular formula is C11H18BrN3. The molecule has 0 bridgehead atoms. The molecule has 4 heteroatoms. The fourth-order valence-electron chi connectivity index (χ4n) is 1.55. The van der Waals surface area contributed by atoms with Gasteiger partial charge in [0, 0.05) is 16.4 Å². The van der Waals surface area contributed by atoms with Gasteiger partial charge in [-0.05, 0) is 11.6 Å². The van der Waals surface area contributed by atoms with E-state index in [1.165, 1.54) is 5.56 Å². The largest absolute Gasteiger partial charge is 0.303 e. The Hall–Kier alpha value is -0.420. The summed E-state index contributed by atoms with van der Waals surface area (Å²) in [6.45, 7) is 5.90. The SMILES string of the molecule is CC(C)(CNCNN)c1ccccc1Br. The Balaban J connectivity index is 2.72.